The van der Waals surface area contributed by atoms with Crippen molar-refractivity contribution in [2.45, 2.75) is 39.3 Å². The SMILES string of the molecule is CC(O)CCN[C@H](CO)C(C)C. The molecule has 0 aromatic rings. The fourth-order valence-electron chi connectivity index (χ4n) is 0.989. The van der Waals surface area contributed by atoms with Crippen molar-refractivity contribution >= 4 is 0 Å². The number of nitrogens with one attached hydrogen (secondary N) is 1. The van der Waals surface area contributed by atoms with Gasteiger partial charge in [-0.3, -0.25) is 0 Å². The van der Waals surface area contributed by atoms with Crippen LogP contribution in [0.15, 0.2) is 0 Å². The van der Waals surface area contributed by atoms with Crippen molar-refractivity contribution < 1.29 is 10.2 Å². The minimum absolute atomic E-state index is 0.156. The molecular formula is C9H21NO2. The van der Waals surface area contributed by atoms with Crippen LogP contribution in [0, 0.1) is 5.92 Å². The van der Waals surface area contributed by atoms with Crippen LogP contribution in [-0.2, 0) is 0 Å². The maximum atomic E-state index is 8.97. The first kappa shape index (κ1) is 11.9. The Kier molecular flexibility index (Phi) is 6.34. The number of hydrogen-bond acceptors (Lipinski definition) is 3. The predicted octanol–water partition coefficient (Wildman–Crippen LogP) is 0.364. The molecule has 0 bridgehead atoms. The highest BCUT2D eigenvalue weighted by molar-refractivity contribution is 4.69. The van der Waals surface area contributed by atoms with Crippen LogP contribution in [0.1, 0.15) is 27.2 Å². The molecule has 0 aliphatic carbocycles. The molecule has 0 aromatic carbocycles. The Hall–Kier alpha value is -0.120. The molecule has 2 atom stereocenters. The van der Waals surface area contributed by atoms with Crippen LogP contribution in [-0.4, -0.2) is 35.5 Å². The second kappa shape index (κ2) is 6.40. The van der Waals surface area contributed by atoms with Crippen molar-refractivity contribution in [2.24, 2.45) is 5.92 Å². The van der Waals surface area contributed by atoms with Crippen molar-refractivity contribution in [2.75, 3.05) is 13.2 Å². The van der Waals surface area contributed by atoms with Gasteiger partial charge in [0.1, 0.15) is 0 Å². The zero-order valence-electron chi connectivity index (χ0n) is 8.25. The van der Waals surface area contributed by atoms with Crippen molar-refractivity contribution in [3.05, 3.63) is 0 Å². The van der Waals surface area contributed by atoms with E-state index in [4.69, 9.17) is 10.2 Å². The highest BCUT2D eigenvalue weighted by Crippen LogP contribution is 2.00. The minimum atomic E-state index is -0.260. The van der Waals surface area contributed by atoms with Gasteiger partial charge >= 0.3 is 0 Å². The number of rotatable bonds is 6. The highest BCUT2D eigenvalue weighted by atomic mass is 16.3. The maximum absolute atomic E-state index is 8.97. The van der Waals surface area contributed by atoms with E-state index >= 15 is 0 Å². The summed E-state index contributed by atoms with van der Waals surface area (Å²) >= 11 is 0. The summed E-state index contributed by atoms with van der Waals surface area (Å²) in [5, 5.41) is 21.1. The third-order valence-electron chi connectivity index (χ3n) is 1.97. The van der Waals surface area contributed by atoms with Gasteiger partial charge in [-0.2, -0.15) is 0 Å². The molecular weight excluding hydrogens is 154 g/mol. The second-order valence-corrected chi connectivity index (χ2v) is 3.62. The summed E-state index contributed by atoms with van der Waals surface area (Å²) in [7, 11) is 0. The number of aliphatic hydroxyl groups excluding tert-OH is 2. The van der Waals surface area contributed by atoms with Crippen molar-refractivity contribution in [3.8, 4) is 0 Å². The summed E-state index contributed by atoms with van der Waals surface area (Å²) < 4.78 is 0. The summed E-state index contributed by atoms with van der Waals surface area (Å²) in [6.45, 7) is 6.83. The lowest BCUT2D eigenvalue weighted by molar-refractivity contribution is 0.170. The second-order valence-electron chi connectivity index (χ2n) is 3.62. The molecule has 0 saturated heterocycles. The highest BCUT2D eigenvalue weighted by Gasteiger charge is 2.10. The molecule has 0 saturated carbocycles. The molecule has 74 valence electrons. The van der Waals surface area contributed by atoms with Gasteiger partial charge in [-0.25, -0.2) is 0 Å². The average molecular weight is 175 g/mol. The maximum Gasteiger partial charge on any atom is 0.0587 e. The van der Waals surface area contributed by atoms with Gasteiger partial charge in [0, 0.05) is 6.04 Å². The Morgan fingerprint density at radius 2 is 1.83 bits per heavy atom. The smallest absolute Gasteiger partial charge is 0.0587 e. The molecule has 3 nitrogen and oxygen atoms in total. The molecule has 0 heterocycles. The van der Waals surface area contributed by atoms with Gasteiger partial charge < -0.3 is 15.5 Å². The quantitative estimate of drug-likeness (QED) is 0.546. The largest absolute Gasteiger partial charge is 0.395 e. The average Bonchev–Trinajstić information content (AvgIpc) is 1.96. The molecule has 0 fully saturated rings. The zero-order chi connectivity index (χ0) is 9.56. The summed E-state index contributed by atoms with van der Waals surface area (Å²) in [5.41, 5.74) is 0. The molecule has 0 aromatic heterocycles. The molecule has 3 heteroatoms. The standard InChI is InChI=1S/C9H21NO2/c1-7(2)9(6-11)10-5-4-8(3)12/h7-12H,4-6H2,1-3H3/t8?,9-/m1/s1. The fourth-order valence-corrected chi connectivity index (χ4v) is 0.989. The van der Waals surface area contributed by atoms with E-state index in [1.54, 1.807) is 6.92 Å². The van der Waals surface area contributed by atoms with Gasteiger partial charge in [-0.05, 0) is 25.8 Å². The normalized spacial score (nSPS) is 16.5. The van der Waals surface area contributed by atoms with Gasteiger partial charge in [-0.1, -0.05) is 13.8 Å². The summed E-state index contributed by atoms with van der Waals surface area (Å²) in [6, 6.07) is 0.156. The van der Waals surface area contributed by atoms with Gasteiger partial charge in [-0.15, -0.1) is 0 Å². The zero-order valence-corrected chi connectivity index (χ0v) is 8.25. The van der Waals surface area contributed by atoms with Gasteiger partial charge in [0.05, 0.1) is 12.7 Å². The van der Waals surface area contributed by atoms with Crippen LogP contribution in [0.3, 0.4) is 0 Å². The lowest BCUT2D eigenvalue weighted by atomic mass is 10.1. The van der Waals surface area contributed by atoms with Crippen molar-refractivity contribution in [3.63, 3.8) is 0 Å². The molecule has 0 spiro atoms. The van der Waals surface area contributed by atoms with Gasteiger partial charge in [0.15, 0.2) is 0 Å². The third-order valence-corrected chi connectivity index (χ3v) is 1.97. The Morgan fingerprint density at radius 1 is 1.25 bits per heavy atom. The summed E-state index contributed by atoms with van der Waals surface area (Å²) in [6.07, 6.45) is 0.479. The van der Waals surface area contributed by atoms with Crippen LogP contribution in [0.2, 0.25) is 0 Å². The number of aliphatic hydroxyl groups is 2. The molecule has 0 radical (unpaired) electrons. The van der Waals surface area contributed by atoms with E-state index in [1.807, 2.05) is 0 Å². The van der Waals surface area contributed by atoms with Gasteiger partial charge in [0.2, 0.25) is 0 Å². The van der Waals surface area contributed by atoms with Crippen LogP contribution in [0.5, 0.6) is 0 Å². The predicted molar refractivity (Wildman–Crippen MR) is 50.0 cm³/mol. The van der Waals surface area contributed by atoms with E-state index in [-0.39, 0.29) is 18.8 Å². The Morgan fingerprint density at radius 3 is 2.17 bits per heavy atom. The lowest BCUT2D eigenvalue weighted by Gasteiger charge is -2.20. The summed E-state index contributed by atoms with van der Waals surface area (Å²) in [4.78, 5) is 0. The Bertz CT molecular complexity index is 105. The van der Waals surface area contributed by atoms with Crippen molar-refractivity contribution in [1.29, 1.82) is 0 Å². The first-order valence-corrected chi connectivity index (χ1v) is 4.60. The van der Waals surface area contributed by atoms with Crippen LogP contribution < -0.4 is 5.32 Å². The molecule has 3 N–H and O–H groups in total. The van der Waals surface area contributed by atoms with Crippen LogP contribution in [0.25, 0.3) is 0 Å². The van der Waals surface area contributed by atoms with E-state index in [2.05, 4.69) is 19.2 Å². The molecule has 0 amide bonds. The van der Waals surface area contributed by atoms with E-state index in [1.165, 1.54) is 0 Å². The first-order chi connectivity index (χ1) is 5.57. The van der Waals surface area contributed by atoms with Crippen LogP contribution in [0.4, 0.5) is 0 Å². The fraction of sp³-hybridized carbons (Fsp3) is 1.00. The molecule has 0 rings (SSSR count). The molecule has 0 aliphatic rings. The van der Waals surface area contributed by atoms with Crippen LogP contribution >= 0.6 is 0 Å². The van der Waals surface area contributed by atoms with Gasteiger partial charge in [0.25, 0.3) is 0 Å². The molecule has 12 heavy (non-hydrogen) atoms. The van der Waals surface area contributed by atoms with Crippen molar-refractivity contribution in [1.82, 2.24) is 5.32 Å². The van der Waals surface area contributed by atoms with E-state index in [0.717, 1.165) is 13.0 Å². The monoisotopic (exact) mass is 175 g/mol. The molecule has 0 aliphatic heterocycles. The topological polar surface area (TPSA) is 52.5 Å². The first-order valence-electron chi connectivity index (χ1n) is 4.60. The van der Waals surface area contributed by atoms with E-state index in [9.17, 15) is 0 Å². The molecule has 1 unspecified atom stereocenters. The van der Waals surface area contributed by atoms with E-state index < -0.39 is 0 Å². The number of hydrogen-bond donors (Lipinski definition) is 3. The Labute approximate surface area is 74.8 Å². The summed E-state index contributed by atoms with van der Waals surface area (Å²) in [5.74, 6) is 0.434. The minimum Gasteiger partial charge on any atom is -0.395 e. The third kappa shape index (κ3) is 5.52. The van der Waals surface area contributed by atoms with E-state index in [0.29, 0.717) is 5.92 Å². The lowest BCUT2D eigenvalue weighted by Crippen LogP contribution is -2.38. The Balaban J connectivity index is 3.45.